The van der Waals surface area contributed by atoms with E-state index in [0.29, 0.717) is 30.0 Å². The lowest BCUT2D eigenvalue weighted by atomic mass is 10.3. The van der Waals surface area contributed by atoms with E-state index in [2.05, 4.69) is 20.8 Å². The van der Waals surface area contributed by atoms with Gasteiger partial charge >= 0.3 is 0 Å². The maximum Gasteiger partial charge on any atom is 0.271 e. The maximum absolute atomic E-state index is 12.2. The second kappa shape index (κ2) is 6.88. The highest BCUT2D eigenvalue weighted by Gasteiger charge is 2.19. The largest absolute Gasteiger partial charge is 0.351 e. The number of anilines is 1. The lowest BCUT2D eigenvalue weighted by molar-refractivity contribution is 0.0945. The van der Waals surface area contributed by atoms with E-state index in [1.165, 1.54) is 17.1 Å². The molecular formula is C14H20N6O2. The summed E-state index contributed by atoms with van der Waals surface area (Å²) in [6.07, 6.45) is 5.44. The molecule has 2 heterocycles. The Morgan fingerprint density at radius 1 is 1.18 bits per heavy atom. The molecule has 2 aromatic rings. The number of carbonyl (C=O) groups excluding carboxylic acids is 2. The molecule has 0 aliphatic rings. The molecule has 0 saturated carbocycles. The summed E-state index contributed by atoms with van der Waals surface area (Å²) in [4.78, 5) is 24.3. The van der Waals surface area contributed by atoms with Gasteiger partial charge in [-0.25, -0.2) is 0 Å². The molecule has 0 unspecified atom stereocenters. The third kappa shape index (κ3) is 3.33. The SMILES string of the molecule is CCCNC(=O)c1c(NC(=O)c2cnn(CC)c2)cnn1C. The van der Waals surface area contributed by atoms with Crippen LogP contribution in [-0.4, -0.2) is 37.9 Å². The highest BCUT2D eigenvalue weighted by molar-refractivity contribution is 6.08. The highest BCUT2D eigenvalue weighted by atomic mass is 16.2. The third-order valence-electron chi connectivity index (χ3n) is 3.16. The average Bonchev–Trinajstić information content (AvgIpc) is 3.12. The van der Waals surface area contributed by atoms with Crippen molar-refractivity contribution in [1.29, 1.82) is 0 Å². The molecule has 0 aromatic carbocycles. The molecular weight excluding hydrogens is 284 g/mol. The predicted molar refractivity (Wildman–Crippen MR) is 81.7 cm³/mol. The van der Waals surface area contributed by atoms with Gasteiger partial charge in [0.1, 0.15) is 5.69 Å². The first-order chi connectivity index (χ1) is 10.6. The van der Waals surface area contributed by atoms with Gasteiger partial charge < -0.3 is 10.6 Å². The topological polar surface area (TPSA) is 93.8 Å². The van der Waals surface area contributed by atoms with E-state index >= 15 is 0 Å². The summed E-state index contributed by atoms with van der Waals surface area (Å²) in [5.74, 6) is -0.585. The van der Waals surface area contributed by atoms with E-state index in [1.54, 1.807) is 17.9 Å². The molecule has 22 heavy (non-hydrogen) atoms. The van der Waals surface area contributed by atoms with Crippen LogP contribution in [0.25, 0.3) is 0 Å². The van der Waals surface area contributed by atoms with Gasteiger partial charge in [0.05, 0.1) is 23.6 Å². The Morgan fingerprint density at radius 2 is 1.95 bits per heavy atom. The molecule has 0 radical (unpaired) electrons. The monoisotopic (exact) mass is 304 g/mol. The number of hydrogen-bond acceptors (Lipinski definition) is 4. The van der Waals surface area contributed by atoms with Crippen LogP contribution in [0, 0.1) is 0 Å². The first kappa shape index (κ1) is 15.7. The molecule has 2 N–H and O–H groups in total. The number of nitrogens with one attached hydrogen (secondary N) is 2. The van der Waals surface area contributed by atoms with Crippen molar-refractivity contribution < 1.29 is 9.59 Å². The molecule has 2 rings (SSSR count). The molecule has 0 saturated heterocycles. The Hall–Kier alpha value is -2.64. The number of aromatic nitrogens is 4. The molecule has 0 fully saturated rings. The van der Waals surface area contributed by atoms with Crippen LogP contribution in [0.4, 0.5) is 5.69 Å². The summed E-state index contributed by atoms with van der Waals surface area (Å²) >= 11 is 0. The van der Waals surface area contributed by atoms with Crippen molar-refractivity contribution in [2.24, 2.45) is 7.05 Å². The minimum Gasteiger partial charge on any atom is -0.351 e. The second-order valence-electron chi connectivity index (χ2n) is 4.83. The quantitative estimate of drug-likeness (QED) is 0.833. The second-order valence-corrected chi connectivity index (χ2v) is 4.83. The predicted octanol–water partition coefficient (Wildman–Crippen LogP) is 1.03. The Bertz CT molecular complexity index is 673. The first-order valence-corrected chi connectivity index (χ1v) is 7.20. The van der Waals surface area contributed by atoms with Crippen molar-refractivity contribution in [2.45, 2.75) is 26.8 Å². The smallest absolute Gasteiger partial charge is 0.271 e. The van der Waals surface area contributed by atoms with E-state index in [1.807, 2.05) is 13.8 Å². The molecule has 2 aromatic heterocycles. The zero-order valence-corrected chi connectivity index (χ0v) is 13.0. The van der Waals surface area contributed by atoms with Gasteiger partial charge in [-0.1, -0.05) is 6.92 Å². The first-order valence-electron chi connectivity index (χ1n) is 7.20. The molecule has 0 aliphatic heterocycles. The van der Waals surface area contributed by atoms with Gasteiger partial charge in [-0.05, 0) is 13.3 Å². The van der Waals surface area contributed by atoms with Gasteiger partial charge in [0, 0.05) is 26.3 Å². The Morgan fingerprint density at radius 3 is 2.59 bits per heavy atom. The molecule has 0 atom stereocenters. The van der Waals surface area contributed by atoms with Crippen LogP contribution >= 0.6 is 0 Å². The fraction of sp³-hybridized carbons (Fsp3) is 0.429. The van der Waals surface area contributed by atoms with Gasteiger partial charge in [-0.2, -0.15) is 10.2 Å². The number of hydrogen-bond donors (Lipinski definition) is 2. The van der Waals surface area contributed by atoms with Crippen molar-refractivity contribution in [3.8, 4) is 0 Å². The number of aryl methyl sites for hydroxylation is 2. The zero-order chi connectivity index (χ0) is 16.1. The minimum atomic E-state index is -0.322. The summed E-state index contributed by atoms with van der Waals surface area (Å²) in [7, 11) is 1.66. The summed E-state index contributed by atoms with van der Waals surface area (Å²) in [6, 6.07) is 0. The lowest BCUT2D eigenvalue weighted by Gasteiger charge is -2.07. The fourth-order valence-electron chi connectivity index (χ4n) is 1.97. The summed E-state index contributed by atoms with van der Waals surface area (Å²) in [5, 5.41) is 13.6. The molecule has 2 amide bonds. The molecule has 0 aliphatic carbocycles. The van der Waals surface area contributed by atoms with Crippen molar-refractivity contribution in [3.05, 3.63) is 29.8 Å². The number of amides is 2. The van der Waals surface area contributed by atoms with E-state index in [-0.39, 0.29) is 11.8 Å². The minimum absolute atomic E-state index is 0.263. The van der Waals surface area contributed by atoms with Crippen molar-refractivity contribution in [1.82, 2.24) is 24.9 Å². The summed E-state index contributed by atoms with van der Waals surface area (Å²) < 4.78 is 3.10. The van der Waals surface area contributed by atoms with Crippen LogP contribution in [0.5, 0.6) is 0 Å². The number of rotatable bonds is 6. The standard InChI is InChI=1S/C14H20N6O2/c1-4-6-15-14(22)12-11(8-16-19(12)3)18-13(21)10-7-17-20(5-2)9-10/h7-9H,4-6H2,1-3H3,(H,15,22)(H,18,21). The molecule has 118 valence electrons. The number of carbonyl (C=O) groups is 2. The van der Waals surface area contributed by atoms with Crippen LogP contribution in [0.2, 0.25) is 0 Å². The van der Waals surface area contributed by atoms with Gasteiger partial charge in [0.15, 0.2) is 0 Å². The van der Waals surface area contributed by atoms with Crippen LogP contribution in [0.1, 0.15) is 41.1 Å². The Balaban J connectivity index is 2.16. The average molecular weight is 304 g/mol. The van der Waals surface area contributed by atoms with Gasteiger partial charge in [-0.3, -0.25) is 19.0 Å². The maximum atomic E-state index is 12.2. The van der Waals surface area contributed by atoms with Gasteiger partial charge in [0.25, 0.3) is 11.8 Å². The molecule has 0 spiro atoms. The number of nitrogens with zero attached hydrogens (tertiary/aromatic N) is 4. The van der Waals surface area contributed by atoms with Crippen LogP contribution in [0.3, 0.4) is 0 Å². The summed E-state index contributed by atoms with van der Waals surface area (Å²) in [6.45, 7) is 5.16. The Labute approximate surface area is 128 Å². The fourth-order valence-corrected chi connectivity index (χ4v) is 1.97. The van der Waals surface area contributed by atoms with Crippen LogP contribution < -0.4 is 10.6 Å². The Kier molecular flexibility index (Phi) is 4.92. The highest BCUT2D eigenvalue weighted by Crippen LogP contribution is 2.15. The summed E-state index contributed by atoms with van der Waals surface area (Å²) in [5.41, 5.74) is 1.14. The van der Waals surface area contributed by atoms with E-state index < -0.39 is 0 Å². The van der Waals surface area contributed by atoms with E-state index in [0.717, 1.165) is 6.42 Å². The third-order valence-corrected chi connectivity index (χ3v) is 3.16. The van der Waals surface area contributed by atoms with Crippen LogP contribution in [-0.2, 0) is 13.6 Å². The van der Waals surface area contributed by atoms with Gasteiger partial charge in [-0.15, -0.1) is 0 Å². The van der Waals surface area contributed by atoms with Crippen molar-refractivity contribution in [3.63, 3.8) is 0 Å². The molecule has 8 heteroatoms. The van der Waals surface area contributed by atoms with Gasteiger partial charge in [0.2, 0.25) is 0 Å². The molecule has 0 bridgehead atoms. The van der Waals surface area contributed by atoms with E-state index in [4.69, 9.17) is 0 Å². The zero-order valence-electron chi connectivity index (χ0n) is 13.0. The molecule has 8 nitrogen and oxygen atoms in total. The van der Waals surface area contributed by atoms with E-state index in [9.17, 15) is 9.59 Å². The van der Waals surface area contributed by atoms with Crippen molar-refractivity contribution >= 4 is 17.5 Å². The van der Waals surface area contributed by atoms with Crippen molar-refractivity contribution in [2.75, 3.05) is 11.9 Å². The lowest BCUT2D eigenvalue weighted by Crippen LogP contribution is -2.27. The normalized spacial score (nSPS) is 10.5. The van der Waals surface area contributed by atoms with Crippen LogP contribution in [0.15, 0.2) is 18.6 Å².